The SMILES string of the molecule is O=C(NCC(F)(F)F)n1cc(-c2cccnc2)cn1. The van der Waals surface area contributed by atoms with Crippen molar-refractivity contribution in [2.24, 2.45) is 0 Å². The Morgan fingerprint density at radius 1 is 1.32 bits per heavy atom. The number of nitrogens with zero attached hydrogens (tertiary/aromatic N) is 3. The Kier molecular flexibility index (Phi) is 3.50. The molecule has 0 aliphatic heterocycles. The third-order valence-corrected chi connectivity index (χ3v) is 2.23. The first kappa shape index (κ1) is 13.1. The van der Waals surface area contributed by atoms with Crippen molar-refractivity contribution in [2.45, 2.75) is 6.18 Å². The second-order valence-electron chi connectivity index (χ2n) is 3.69. The van der Waals surface area contributed by atoms with Crippen molar-refractivity contribution in [3.63, 3.8) is 0 Å². The Morgan fingerprint density at radius 2 is 2.11 bits per heavy atom. The predicted molar refractivity (Wildman–Crippen MR) is 60.3 cm³/mol. The number of hydrogen-bond acceptors (Lipinski definition) is 3. The summed E-state index contributed by atoms with van der Waals surface area (Å²) in [7, 11) is 0. The number of halogens is 3. The molecule has 0 aromatic carbocycles. The van der Waals surface area contributed by atoms with E-state index in [-0.39, 0.29) is 0 Å². The molecule has 8 heteroatoms. The molecule has 5 nitrogen and oxygen atoms in total. The van der Waals surface area contributed by atoms with E-state index in [4.69, 9.17) is 0 Å². The summed E-state index contributed by atoms with van der Waals surface area (Å²) in [5.41, 5.74) is 1.31. The fourth-order valence-electron chi connectivity index (χ4n) is 1.37. The van der Waals surface area contributed by atoms with Crippen molar-refractivity contribution < 1.29 is 18.0 Å². The number of alkyl halides is 3. The van der Waals surface area contributed by atoms with Crippen LogP contribution in [0.5, 0.6) is 0 Å². The highest BCUT2D eigenvalue weighted by molar-refractivity contribution is 5.77. The Morgan fingerprint density at radius 3 is 2.74 bits per heavy atom. The summed E-state index contributed by atoms with van der Waals surface area (Å²) in [4.78, 5) is 15.3. The number of carbonyl (C=O) groups excluding carboxylic acids is 1. The summed E-state index contributed by atoms with van der Waals surface area (Å²) in [6, 6.07) is 2.52. The number of pyridine rings is 1. The van der Waals surface area contributed by atoms with E-state index in [1.807, 2.05) is 0 Å². The lowest BCUT2D eigenvalue weighted by molar-refractivity contribution is -0.122. The Balaban J connectivity index is 2.07. The Bertz CT molecular complexity index is 565. The molecule has 2 heterocycles. The summed E-state index contributed by atoms with van der Waals surface area (Å²) < 4.78 is 36.7. The second-order valence-corrected chi connectivity index (χ2v) is 3.69. The third kappa shape index (κ3) is 3.54. The first-order chi connectivity index (χ1) is 8.96. The standard InChI is InChI=1S/C11H9F3N4O/c12-11(13,14)7-16-10(19)18-6-9(5-17-18)8-2-1-3-15-4-8/h1-6H,7H2,(H,16,19). The molecule has 0 saturated carbocycles. The van der Waals surface area contributed by atoms with Gasteiger partial charge in [0.25, 0.3) is 0 Å². The quantitative estimate of drug-likeness (QED) is 0.908. The summed E-state index contributed by atoms with van der Waals surface area (Å²) >= 11 is 0. The van der Waals surface area contributed by atoms with Crippen molar-refractivity contribution in [3.05, 3.63) is 36.9 Å². The van der Waals surface area contributed by atoms with E-state index in [1.165, 1.54) is 12.4 Å². The van der Waals surface area contributed by atoms with Crippen molar-refractivity contribution >= 4 is 6.03 Å². The minimum absolute atomic E-state index is 0.593. The zero-order valence-corrected chi connectivity index (χ0v) is 9.55. The van der Waals surface area contributed by atoms with Crippen molar-refractivity contribution in [1.82, 2.24) is 20.1 Å². The topological polar surface area (TPSA) is 59.8 Å². The normalized spacial score (nSPS) is 11.3. The molecule has 0 aliphatic carbocycles. The second kappa shape index (κ2) is 5.09. The number of rotatable bonds is 2. The van der Waals surface area contributed by atoms with Gasteiger partial charge in [0.2, 0.25) is 0 Å². The zero-order chi connectivity index (χ0) is 13.9. The van der Waals surface area contributed by atoms with E-state index >= 15 is 0 Å². The zero-order valence-electron chi connectivity index (χ0n) is 9.55. The van der Waals surface area contributed by atoms with Crippen LogP contribution in [0.4, 0.5) is 18.0 Å². The van der Waals surface area contributed by atoms with Gasteiger partial charge in [-0.3, -0.25) is 4.98 Å². The van der Waals surface area contributed by atoms with Gasteiger partial charge in [-0.15, -0.1) is 0 Å². The lowest BCUT2D eigenvalue weighted by Gasteiger charge is -2.07. The number of carbonyl (C=O) groups is 1. The van der Waals surface area contributed by atoms with E-state index in [0.717, 1.165) is 10.2 Å². The van der Waals surface area contributed by atoms with Crippen LogP contribution in [-0.2, 0) is 0 Å². The van der Waals surface area contributed by atoms with Crippen molar-refractivity contribution in [1.29, 1.82) is 0 Å². The van der Waals surface area contributed by atoms with Gasteiger partial charge in [-0.1, -0.05) is 6.07 Å². The molecule has 0 unspecified atom stereocenters. The summed E-state index contributed by atoms with van der Waals surface area (Å²) in [5, 5.41) is 5.43. The molecule has 0 aliphatic rings. The van der Waals surface area contributed by atoms with Gasteiger partial charge >= 0.3 is 12.2 Å². The van der Waals surface area contributed by atoms with E-state index in [0.29, 0.717) is 5.56 Å². The van der Waals surface area contributed by atoms with E-state index in [2.05, 4.69) is 10.1 Å². The Hall–Kier alpha value is -2.38. The van der Waals surface area contributed by atoms with Gasteiger partial charge in [0, 0.05) is 29.7 Å². The minimum Gasteiger partial charge on any atom is -0.327 e. The maximum absolute atomic E-state index is 11.9. The minimum atomic E-state index is -4.45. The van der Waals surface area contributed by atoms with Crippen molar-refractivity contribution in [3.8, 4) is 11.1 Å². The average Bonchev–Trinajstić information content (AvgIpc) is 2.86. The number of hydrogen-bond donors (Lipinski definition) is 1. The Labute approximate surface area is 106 Å². The largest absolute Gasteiger partial charge is 0.405 e. The molecule has 2 aromatic rings. The molecule has 2 rings (SSSR count). The predicted octanol–water partition coefficient (Wildman–Crippen LogP) is 2.07. The van der Waals surface area contributed by atoms with Crippen LogP contribution in [0.25, 0.3) is 11.1 Å². The fourth-order valence-corrected chi connectivity index (χ4v) is 1.37. The van der Waals surface area contributed by atoms with Crippen LogP contribution in [0.1, 0.15) is 0 Å². The third-order valence-electron chi connectivity index (χ3n) is 2.23. The molecular weight excluding hydrogens is 261 g/mol. The fraction of sp³-hybridized carbons (Fsp3) is 0.182. The van der Waals surface area contributed by atoms with Crippen LogP contribution >= 0.6 is 0 Å². The molecule has 0 atom stereocenters. The monoisotopic (exact) mass is 270 g/mol. The highest BCUT2D eigenvalue weighted by atomic mass is 19.4. The van der Waals surface area contributed by atoms with Gasteiger partial charge in [0.1, 0.15) is 6.54 Å². The first-order valence-corrected chi connectivity index (χ1v) is 5.26. The van der Waals surface area contributed by atoms with Gasteiger partial charge in [0.05, 0.1) is 6.20 Å². The maximum atomic E-state index is 11.9. The van der Waals surface area contributed by atoms with Gasteiger partial charge < -0.3 is 5.32 Å². The molecule has 1 N–H and O–H groups in total. The molecule has 2 aromatic heterocycles. The average molecular weight is 270 g/mol. The molecule has 19 heavy (non-hydrogen) atoms. The highest BCUT2D eigenvalue weighted by Crippen LogP contribution is 2.16. The van der Waals surface area contributed by atoms with Crippen LogP contribution in [0, 0.1) is 0 Å². The van der Waals surface area contributed by atoms with E-state index in [1.54, 1.807) is 29.8 Å². The van der Waals surface area contributed by atoms with Crippen molar-refractivity contribution in [2.75, 3.05) is 6.54 Å². The van der Waals surface area contributed by atoms with Gasteiger partial charge in [-0.05, 0) is 6.07 Å². The molecular formula is C11H9F3N4O. The molecule has 0 fully saturated rings. The van der Waals surface area contributed by atoms with Gasteiger partial charge in [-0.2, -0.15) is 23.0 Å². The molecule has 0 bridgehead atoms. The molecule has 0 saturated heterocycles. The van der Waals surface area contributed by atoms with Gasteiger partial charge in [0.15, 0.2) is 0 Å². The maximum Gasteiger partial charge on any atom is 0.405 e. The molecule has 100 valence electrons. The lowest BCUT2D eigenvalue weighted by atomic mass is 10.2. The number of aromatic nitrogens is 3. The number of nitrogens with one attached hydrogen (secondary N) is 1. The summed E-state index contributed by atoms with van der Waals surface area (Å²) in [5.74, 6) is 0. The van der Waals surface area contributed by atoms with Crippen LogP contribution in [-0.4, -0.2) is 33.5 Å². The summed E-state index contributed by atoms with van der Waals surface area (Å²) in [6.45, 7) is -1.39. The van der Waals surface area contributed by atoms with Crippen LogP contribution < -0.4 is 5.32 Å². The molecule has 0 spiro atoms. The summed E-state index contributed by atoms with van der Waals surface area (Å²) in [6.07, 6.45) is 1.42. The molecule has 1 amide bonds. The number of amides is 1. The lowest BCUT2D eigenvalue weighted by Crippen LogP contribution is -2.36. The van der Waals surface area contributed by atoms with Crippen LogP contribution in [0.2, 0.25) is 0 Å². The highest BCUT2D eigenvalue weighted by Gasteiger charge is 2.28. The van der Waals surface area contributed by atoms with E-state index in [9.17, 15) is 18.0 Å². The van der Waals surface area contributed by atoms with Crippen LogP contribution in [0.3, 0.4) is 0 Å². The first-order valence-electron chi connectivity index (χ1n) is 5.26. The smallest absolute Gasteiger partial charge is 0.327 e. The van der Waals surface area contributed by atoms with Crippen LogP contribution in [0.15, 0.2) is 36.9 Å². The molecule has 0 radical (unpaired) electrons. The van der Waals surface area contributed by atoms with Gasteiger partial charge in [-0.25, -0.2) is 4.79 Å². The van der Waals surface area contributed by atoms with E-state index < -0.39 is 18.8 Å².